The highest BCUT2D eigenvalue weighted by Crippen LogP contribution is 2.41. The number of hydrogen-bond donors (Lipinski definition) is 1. The van der Waals surface area contributed by atoms with Crippen LogP contribution in [0.15, 0.2) is 60.7 Å². The number of aryl methyl sites for hydroxylation is 1. The fraction of sp³-hybridized carbons (Fsp3) is 0.240. The van der Waals surface area contributed by atoms with Gasteiger partial charge in [0.1, 0.15) is 12.2 Å². The molecule has 0 aromatic heterocycles. The second kappa shape index (κ2) is 8.04. The molecule has 0 unspecified atom stereocenters. The van der Waals surface area contributed by atoms with E-state index in [1.807, 2.05) is 43.3 Å². The summed E-state index contributed by atoms with van der Waals surface area (Å²) in [6, 6.07) is 18.8. The molecule has 0 bridgehead atoms. The molecule has 0 saturated heterocycles. The van der Waals surface area contributed by atoms with E-state index < -0.39 is 0 Å². The third-order valence-corrected chi connectivity index (χ3v) is 5.50. The molecular weight excluding hydrogens is 398 g/mol. The lowest BCUT2D eigenvalue weighted by Gasteiger charge is -2.18. The Balaban J connectivity index is 1.39. The van der Waals surface area contributed by atoms with Crippen molar-refractivity contribution >= 4 is 23.2 Å². The number of rotatable bonds is 5. The van der Waals surface area contributed by atoms with Crippen molar-refractivity contribution in [1.29, 1.82) is 0 Å². The number of para-hydroxylation sites is 1. The summed E-state index contributed by atoms with van der Waals surface area (Å²) in [5.74, 6) is 1.39. The van der Waals surface area contributed by atoms with Crippen LogP contribution in [0.5, 0.6) is 11.5 Å². The first-order valence-corrected chi connectivity index (χ1v) is 10.3. The van der Waals surface area contributed by atoms with Gasteiger partial charge in [0.15, 0.2) is 11.5 Å². The smallest absolute Gasteiger partial charge is 0.255 e. The zero-order chi connectivity index (χ0) is 21.3. The highest BCUT2D eigenvalue weighted by molar-refractivity contribution is 6.31. The maximum Gasteiger partial charge on any atom is 0.255 e. The van der Waals surface area contributed by atoms with Crippen LogP contribution < -0.4 is 14.8 Å². The molecule has 5 heteroatoms. The second-order valence-corrected chi connectivity index (χ2v) is 8.59. The average molecular weight is 422 g/mol. The molecule has 0 saturated carbocycles. The number of halogens is 1. The summed E-state index contributed by atoms with van der Waals surface area (Å²) in [4.78, 5) is 12.5. The Kier molecular flexibility index (Phi) is 5.44. The Morgan fingerprint density at radius 2 is 1.90 bits per heavy atom. The molecule has 1 aliphatic rings. The molecule has 4 rings (SSSR count). The van der Waals surface area contributed by atoms with Crippen molar-refractivity contribution < 1.29 is 14.3 Å². The lowest BCUT2D eigenvalue weighted by atomic mass is 10.0. The van der Waals surface area contributed by atoms with Gasteiger partial charge >= 0.3 is 0 Å². The Hall–Kier alpha value is -2.98. The zero-order valence-corrected chi connectivity index (χ0v) is 18.0. The van der Waals surface area contributed by atoms with Crippen LogP contribution in [0, 0.1) is 6.92 Å². The van der Waals surface area contributed by atoms with Gasteiger partial charge in [-0.1, -0.05) is 41.9 Å². The minimum atomic E-state index is -0.210. The summed E-state index contributed by atoms with van der Waals surface area (Å²) >= 11 is 6.13. The van der Waals surface area contributed by atoms with E-state index in [0.717, 1.165) is 29.0 Å². The molecule has 1 N–H and O–H groups in total. The molecule has 1 heterocycles. The molecule has 0 spiro atoms. The van der Waals surface area contributed by atoms with E-state index in [9.17, 15) is 4.79 Å². The van der Waals surface area contributed by atoms with Gasteiger partial charge in [0.2, 0.25) is 0 Å². The molecule has 154 valence electrons. The number of anilines is 1. The summed E-state index contributed by atoms with van der Waals surface area (Å²) in [5, 5.41) is 3.49. The van der Waals surface area contributed by atoms with Gasteiger partial charge in [-0.3, -0.25) is 4.79 Å². The van der Waals surface area contributed by atoms with Crippen molar-refractivity contribution in [3.8, 4) is 11.5 Å². The molecule has 4 nitrogen and oxygen atoms in total. The van der Waals surface area contributed by atoms with Crippen LogP contribution in [0.2, 0.25) is 5.02 Å². The van der Waals surface area contributed by atoms with Gasteiger partial charge in [-0.05, 0) is 62.2 Å². The Bertz CT molecular complexity index is 1090. The fourth-order valence-electron chi connectivity index (χ4n) is 3.49. The van der Waals surface area contributed by atoms with Crippen molar-refractivity contribution in [2.24, 2.45) is 0 Å². The highest BCUT2D eigenvalue weighted by atomic mass is 35.5. The quantitative estimate of drug-likeness (QED) is 0.534. The first kappa shape index (κ1) is 20.3. The normalized spacial score (nSPS) is 14.0. The summed E-state index contributed by atoms with van der Waals surface area (Å²) in [5.41, 5.74) is 4.14. The van der Waals surface area contributed by atoms with Crippen molar-refractivity contribution in [2.75, 3.05) is 5.32 Å². The Morgan fingerprint density at radius 1 is 1.13 bits per heavy atom. The molecule has 30 heavy (non-hydrogen) atoms. The Morgan fingerprint density at radius 3 is 2.63 bits per heavy atom. The SMILES string of the molecule is Cc1ccc(NC(=O)c2ccc(COc3cccc4c3OC(C)(C)C4)cc2)cc1Cl. The summed E-state index contributed by atoms with van der Waals surface area (Å²) in [6.45, 7) is 6.47. The lowest BCUT2D eigenvalue weighted by Crippen LogP contribution is -2.24. The molecule has 0 radical (unpaired) electrons. The number of carbonyl (C=O) groups excluding carboxylic acids is 1. The van der Waals surface area contributed by atoms with E-state index >= 15 is 0 Å². The van der Waals surface area contributed by atoms with Crippen LogP contribution in [-0.4, -0.2) is 11.5 Å². The van der Waals surface area contributed by atoms with Crippen molar-refractivity contribution in [3.05, 3.63) is 87.9 Å². The lowest BCUT2D eigenvalue weighted by molar-refractivity contribution is 0.102. The third kappa shape index (κ3) is 4.44. The largest absolute Gasteiger partial charge is 0.485 e. The maximum atomic E-state index is 12.5. The molecule has 3 aromatic carbocycles. The predicted molar refractivity (Wildman–Crippen MR) is 120 cm³/mol. The van der Waals surface area contributed by atoms with E-state index in [1.165, 1.54) is 5.56 Å². The van der Waals surface area contributed by atoms with Crippen LogP contribution in [0.4, 0.5) is 5.69 Å². The van der Waals surface area contributed by atoms with Crippen LogP contribution >= 0.6 is 11.6 Å². The van der Waals surface area contributed by atoms with Gasteiger partial charge in [0.25, 0.3) is 5.91 Å². The minimum absolute atomic E-state index is 0.182. The minimum Gasteiger partial charge on any atom is -0.485 e. The van der Waals surface area contributed by atoms with Crippen molar-refractivity contribution in [3.63, 3.8) is 0 Å². The van der Waals surface area contributed by atoms with Gasteiger partial charge in [0, 0.05) is 28.3 Å². The van der Waals surface area contributed by atoms with Gasteiger partial charge in [-0.25, -0.2) is 0 Å². The van der Waals surface area contributed by atoms with Crippen LogP contribution in [0.25, 0.3) is 0 Å². The molecule has 1 amide bonds. The average Bonchev–Trinajstić information content (AvgIpc) is 3.04. The highest BCUT2D eigenvalue weighted by Gasteiger charge is 2.32. The number of fused-ring (bicyclic) bond motifs is 1. The first-order valence-electron chi connectivity index (χ1n) is 9.91. The number of amides is 1. The van der Waals surface area contributed by atoms with Crippen molar-refractivity contribution in [1.82, 2.24) is 0 Å². The van der Waals surface area contributed by atoms with E-state index in [1.54, 1.807) is 18.2 Å². The molecule has 0 atom stereocenters. The van der Waals surface area contributed by atoms with Crippen LogP contribution in [-0.2, 0) is 13.0 Å². The molecule has 0 fully saturated rings. The summed E-state index contributed by atoms with van der Waals surface area (Å²) < 4.78 is 12.1. The topological polar surface area (TPSA) is 47.6 Å². The molecule has 0 aliphatic carbocycles. The molecule has 1 aliphatic heterocycles. The fourth-order valence-corrected chi connectivity index (χ4v) is 3.67. The van der Waals surface area contributed by atoms with E-state index in [0.29, 0.717) is 22.9 Å². The van der Waals surface area contributed by atoms with E-state index in [-0.39, 0.29) is 11.5 Å². The van der Waals surface area contributed by atoms with Gasteiger partial charge in [-0.2, -0.15) is 0 Å². The van der Waals surface area contributed by atoms with E-state index in [2.05, 4.69) is 25.2 Å². The van der Waals surface area contributed by atoms with Crippen LogP contribution in [0.1, 0.15) is 40.9 Å². The number of nitrogens with one attached hydrogen (secondary N) is 1. The Labute approximate surface area is 181 Å². The monoisotopic (exact) mass is 421 g/mol. The summed E-state index contributed by atoms with van der Waals surface area (Å²) in [6.07, 6.45) is 0.871. The molecule has 3 aromatic rings. The van der Waals surface area contributed by atoms with E-state index in [4.69, 9.17) is 21.1 Å². The second-order valence-electron chi connectivity index (χ2n) is 8.19. The zero-order valence-electron chi connectivity index (χ0n) is 17.3. The van der Waals surface area contributed by atoms with Gasteiger partial charge in [0.05, 0.1) is 0 Å². The number of benzene rings is 3. The number of carbonyl (C=O) groups is 1. The van der Waals surface area contributed by atoms with Crippen molar-refractivity contribution in [2.45, 2.75) is 39.4 Å². The predicted octanol–water partition coefficient (Wildman–Crippen LogP) is 6.19. The van der Waals surface area contributed by atoms with Crippen LogP contribution in [0.3, 0.4) is 0 Å². The first-order chi connectivity index (χ1) is 14.3. The third-order valence-electron chi connectivity index (χ3n) is 5.10. The standard InChI is InChI=1S/C25H24ClNO3/c1-16-7-12-20(13-21(16)26)27-24(28)18-10-8-17(9-11-18)15-29-22-6-4-5-19-14-25(2,3)30-23(19)22/h4-13H,14-15H2,1-3H3,(H,27,28). The number of ether oxygens (including phenoxy) is 2. The summed E-state index contributed by atoms with van der Waals surface area (Å²) in [7, 11) is 0. The van der Waals surface area contributed by atoms with Gasteiger partial charge < -0.3 is 14.8 Å². The number of hydrogen-bond acceptors (Lipinski definition) is 3. The van der Waals surface area contributed by atoms with Gasteiger partial charge in [-0.15, -0.1) is 0 Å². The molecular formula is C25H24ClNO3. The maximum absolute atomic E-state index is 12.5.